The number of halogens is 1. The number of pyridine rings is 1. The number of hydrogen-bond acceptors (Lipinski definition) is 4. The third-order valence-corrected chi connectivity index (χ3v) is 1.77. The third-order valence-electron chi connectivity index (χ3n) is 1.58. The van der Waals surface area contributed by atoms with Crippen LogP contribution in [0.2, 0.25) is 5.15 Å². The molecule has 2 rings (SSSR count). The molecule has 0 aromatic carbocycles. The highest BCUT2D eigenvalue weighted by atomic mass is 35.5. The predicted octanol–water partition coefficient (Wildman–Crippen LogP) is 0.965. The van der Waals surface area contributed by atoms with Gasteiger partial charge in [0, 0.05) is 13.0 Å². The van der Waals surface area contributed by atoms with Crippen molar-refractivity contribution in [2.75, 3.05) is 5.32 Å². The van der Waals surface area contributed by atoms with Gasteiger partial charge in [0.05, 0.1) is 5.69 Å². The highest BCUT2D eigenvalue weighted by Crippen LogP contribution is 2.21. The van der Waals surface area contributed by atoms with E-state index in [1.54, 1.807) is 0 Å². The second-order valence-corrected chi connectivity index (χ2v) is 3.07. The summed E-state index contributed by atoms with van der Waals surface area (Å²) in [4.78, 5) is 14.8. The highest BCUT2D eigenvalue weighted by molar-refractivity contribution is 6.30. The molecule has 14 heavy (non-hydrogen) atoms. The number of rotatable bonds is 1. The van der Waals surface area contributed by atoms with Crippen molar-refractivity contribution >= 4 is 34.4 Å². The summed E-state index contributed by atoms with van der Waals surface area (Å²) in [6.45, 7) is 1.40. The van der Waals surface area contributed by atoms with Gasteiger partial charge < -0.3 is 5.32 Å². The van der Waals surface area contributed by atoms with Crippen molar-refractivity contribution in [1.29, 1.82) is 0 Å². The van der Waals surface area contributed by atoms with Gasteiger partial charge in [-0.15, -0.1) is 5.10 Å². The number of H-pyrrole nitrogens is 1. The molecule has 7 heteroatoms. The molecule has 0 aliphatic rings. The van der Waals surface area contributed by atoms with Gasteiger partial charge in [-0.05, 0) is 0 Å². The van der Waals surface area contributed by atoms with Gasteiger partial charge in [-0.1, -0.05) is 16.8 Å². The molecule has 72 valence electrons. The maximum atomic E-state index is 10.9. The molecule has 0 saturated carbocycles. The van der Waals surface area contributed by atoms with Gasteiger partial charge in [0.1, 0.15) is 5.15 Å². The van der Waals surface area contributed by atoms with Crippen molar-refractivity contribution in [2.24, 2.45) is 0 Å². The van der Waals surface area contributed by atoms with Crippen molar-refractivity contribution in [1.82, 2.24) is 20.4 Å². The zero-order valence-electron chi connectivity index (χ0n) is 7.21. The topological polar surface area (TPSA) is 83.6 Å². The number of amides is 1. The fraction of sp³-hybridized carbons (Fsp3) is 0.143. The Kier molecular flexibility index (Phi) is 2.05. The summed E-state index contributed by atoms with van der Waals surface area (Å²) in [5.74, 6) is -0.198. The lowest BCUT2D eigenvalue weighted by molar-refractivity contribution is -0.114. The fourth-order valence-corrected chi connectivity index (χ4v) is 1.29. The number of nitrogens with one attached hydrogen (secondary N) is 2. The van der Waals surface area contributed by atoms with Crippen molar-refractivity contribution in [2.45, 2.75) is 6.92 Å². The number of aromatic amines is 1. The van der Waals surface area contributed by atoms with Crippen LogP contribution in [0.15, 0.2) is 6.07 Å². The Labute approximate surface area is 83.7 Å². The molecule has 0 atom stereocenters. The van der Waals surface area contributed by atoms with E-state index in [4.69, 9.17) is 11.6 Å². The molecule has 2 heterocycles. The molecular formula is C7H6ClN5O. The summed E-state index contributed by atoms with van der Waals surface area (Å²) in [5, 5.41) is 12.8. The van der Waals surface area contributed by atoms with Crippen LogP contribution in [0, 0.1) is 0 Å². The molecule has 0 saturated heterocycles. The smallest absolute Gasteiger partial charge is 0.221 e. The van der Waals surface area contributed by atoms with Crippen LogP contribution >= 0.6 is 11.6 Å². The Hall–Kier alpha value is -1.69. The Morgan fingerprint density at radius 2 is 2.43 bits per heavy atom. The monoisotopic (exact) mass is 211 g/mol. The van der Waals surface area contributed by atoms with Gasteiger partial charge in [0.25, 0.3) is 0 Å². The van der Waals surface area contributed by atoms with E-state index in [1.165, 1.54) is 13.0 Å². The largest absolute Gasteiger partial charge is 0.324 e. The van der Waals surface area contributed by atoms with Crippen LogP contribution in [0.5, 0.6) is 0 Å². The minimum absolute atomic E-state index is 0.198. The van der Waals surface area contributed by atoms with Gasteiger partial charge in [-0.25, -0.2) is 10.1 Å². The highest BCUT2D eigenvalue weighted by Gasteiger charge is 2.08. The number of nitrogens with zero attached hydrogens (tertiary/aromatic N) is 3. The van der Waals surface area contributed by atoms with Crippen LogP contribution in [0.1, 0.15) is 6.92 Å². The number of anilines is 1. The molecule has 0 bridgehead atoms. The van der Waals surface area contributed by atoms with Gasteiger partial charge in [0.15, 0.2) is 11.2 Å². The van der Waals surface area contributed by atoms with E-state index >= 15 is 0 Å². The van der Waals surface area contributed by atoms with Crippen LogP contribution in [0.4, 0.5) is 5.69 Å². The van der Waals surface area contributed by atoms with Gasteiger partial charge in [0.2, 0.25) is 5.91 Å². The van der Waals surface area contributed by atoms with E-state index in [0.29, 0.717) is 16.9 Å². The van der Waals surface area contributed by atoms with Crippen LogP contribution in [-0.4, -0.2) is 26.3 Å². The first-order valence-electron chi connectivity index (χ1n) is 3.81. The van der Waals surface area contributed by atoms with Gasteiger partial charge in [-0.3, -0.25) is 4.79 Å². The molecule has 0 aliphatic carbocycles. The van der Waals surface area contributed by atoms with Crippen LogP contribution in [0.3, 0.4) is 0 Å². The first kappa shape index (κ1) is 8.89. The molecule has 2 N–H and O–H groups in total. The molecule has 0 fully saturated rings. The second kappa shape index (κ2) is 3.22. The second-order valence-electron chi connectivity index (χ2n) is 2.68. The minimum Gasteiger partial charge on any atom is -0.324 e. The Bertz CT molecular complexity index is 494. The zero-order valence-corrected chi connectivity index (χ0v) is 7.96. The number of carbonyl (C=O) groups is 1. The molecule has 6 nitrogen and oxygen atoms in total. The minimum atomic E-state index is -0.198. The van der Waals surface area contributed by atoms with E-state index in [0.717, 1.165) is 0 Å². The summed E-state index contributed by atoms with van der Waals surface area (Å²) in [6, 6.07) is 1.52. The zero-order chi connectivity index (χ0) is 10.1. The number of fused-ring (bicyclic) bond motifs is 1. The molecule has 0 spiro atoms. The van der Waals surface area contributed by atoms with Crippen molar-refractivity contribution in [3.63, 3.8) is 0 Å². The maximum Gasteiger partial charge on any atom is 0.221 e. The van der Waals surface area contributed by atoms with E-state index < -0.39 is 0 Å². The van der Waals surface area contributed by atoms with Crippen LogP contribution in [-0.2, 0) is 4.79 Å². The lowest BCUT2D eigenvalue weighted by Crippen LogP contribution is -2.06. The van der Waals surface area contributed by atoms with Crippen molar-refractivity contribution in [3.05, 3.63) is 11.2 Å². The quantitative estimate of drug-likeness (QED) is 0.689. The van der Waals surface area contributed by atoms with E-state index in [-0.39, 0.29) is 11.1 Å². The molecule has 0 unspecified atom stereocenters. The molecular weight excluding hydrogens is 206 g/mol. The summed E-state index contributed by atoms with van der Waals surface area (Å²) in [6.07, 6.45) is 0. The first-order chi connectivity index (χ1) is 6.66. The number of hydrogen-bond donors (Lipinski definition) is 2. The van der Waals surface area contributed by atoms with E-state index in [1.807, 2.05) is 0 Å². The molecule has 2 aromatic heterocycles. The number of carbonyl (C=O) groups excluding carboxylic acids is 1. The van der Waals surface area contributed by atoms with E-state index in [2.05, 4.69) is 25.7 Å². The van der Waals surface area contributed by atoms with Crippen LogP contribution < -0.4 is 5.32 Å². The summed E-state index contributed by atoms with van der Waals surface area (Å²) in [5.41, 5.74) is 1.44. The first-order valence-corrected chi connectivity index (χ1v) is 4.19. The molecule has 0 aliphatic heterocycles. The lowest BCUT2D eigenvalue weighted by atomic mass is 10.3. The summed E-state index contributed by atoms with van der Waals surface area (Å²) >= 11 is 5.73. The van der Waals surface area contributed by atoms with E-state index in [9.17, 15) is 4.79 Å². The maximum absolute atomic E-state index is 10.9. The number of aromatic nitrogens is 4. The Morgan fingerprint density at radius 3 is 3.14 bits per heavy atom. The molecule has 2 aromatic rings. The van der Waals surface area contributed by atoms with Crippen molar-refractivity contribution in [3.8, 4) is 0 Å². The van der Waals surface area contributed by atoms with Gasteiger partial charge >= 0.3 is 0 Å². The average Bonchev–Trinajstić information content (AvgIpc) is 2.50. The fourth-order valence-electron chi connectivity index (χ4n) is 1.09. The average molecular weight is 212 g/mol. The SMILES string of the molecule is CC(=O)Nc1cc(Cl)nc2[nH]nnc12. The lowest BCUT2D eigenvalue weighted by Gasteiger charge is -2.01. The Morgan fingerprint density at radius 1 is 1.64 bits per heavy atom. The molecule has 1 amide bonds. The van der Waals surface area contributed by atoms with Crippen LogP contribution in [0.25, 0.3) is 11.2 Å². The molecule has 0 radical (unpaired) electrons. The normalized spacial score (nSPS) is 10.4. The summed E-state index contributed by atoms with van der Waals surface area (Å²) < 4.78 is 0. The van der Waals surface area contributed by atoms with Crippen molar-refractivity contribution < 1.29 is 4.79 Å². The van der Waals surface area contributed by atoms with Gasteiger partial charge in [-0.2, -0.15) is 0 Å². The third kappa shape index (κ3) is 1.51. The predicted molar refractivity (Wildman–Crippen MR) is 51.0 cm³/mol. The summed E-state index contributed by atoms with van der Waals surface area (Å²) in [7, 11) is 0. The standard InChI is InChI=1S/C7H6ClN5O/c1-3(14)9-4-2-5(8)10-7-6(4)11-13-12-7/h2H,1H3,(H2,9,10,11,12,13,14). The Balaban J connectivity index is 2.60.